The lowest BCUT2D eigenvalue weighted by Crippen LogP contribution is -2.37. The first-order valence-electron chi connectivity index (χ1n) is 5.58. The molecule has 1 heterocycles. The van der Waals surface area contributed by atoms with Gasteiger partial charge in [-0.25, -0.2) is 9.97 Å². The van der Waals surface area contributed by atoms with E-state index in [-0.39, 0.29) is 6.10 Å². The largest absolute Gasteiger partial charge is 0.393 e. The van der Waals surface area contributed by atoms with Crippen LogP contribution in [0.2, 0.25) is 0 Å². The summed E-state index contributed by atoms with van der Waals surface area (Å²) < 4.78 is 0. The number of aliphatic hydroxyl groups excluding tert-OH is 1. The minimum absolute atomic E-state index is 0.0864. The molecule has 0 amide bonds. The maximum Gasteiger partial charge on any atom is 0.133 e. The maximum atomic E-state index is 9.23. The molecule has 2 rings (SSSR count). The van der Waals surface area contributed by atoms with Gasteiger partial charge in [0.05, 0.1) is 6.10 Å². The topological polar surface area (TPSA) is 61.3 Å². The Morgan fingerprint density at radius 3 is 2.88 bits per heavy atom. The number of nitrogens with one attached hydrogen (secondary N) is 1. The number of hydrogen-bond acceptors (Lipinski definition) is 5. The quantitative estimate of drug-likeness (QED) is 0.786. The van der Waals surface area contributed by atoms with E-state index in [4.69, 9.17) is 0 Å². The fourth-order valence-electron chi connectivity index (χ4n) is 2.02. The summed E-state index contributed by atoms with van der Waals surface area (Å²) in [7, 11) is 3.86. The van der Waals surface area contributed by atoms with E-state index >= 15 is 0 Å². The average molecular weight is 222 g/mol. The zero-order valence-electron chi connectivity index (χ0n) is 9.72. The predicted molar refractivity (Wildman–Crippen MR) is 63.6 cm³/mol. The second-order valence-electron chi connectivity index (χ2n) is 4.38. The van der Waals surface area contributed by atoms with E-state index < -0.39 is 0 Å². The number of aliphatic hydroxyl groups is 1. The second kappa shape index (κ2) is 4.65. The van der Waals surface area contributed by atoms with Crippen molar-refractivity contribution in [2.75, 3.05) is 30.9 Å². The van der Waals surface area contributed by atoms with Crippen LogP contribution in [0.25, 0.3) is 0 Å². The summed E-state index contributed by atoms with van der Waals surface area (Å²) in [6, 6.07) is 1.93. The summed E-state index contributed by atoms with van der Waals surface area (Å²) in [5.74, 6) is 2.33. The fraction of sp³-hybridized carbons (Fsp3) is 0.636. The first-order chi connectivity index (χ1) is 7.69. The van der Waals surface area contributed by atoms with E-state index in [1.54, 1.807) is 6.33 Å². The minimum Gasteiger partial charge on any atom is -0.393 e. The molecule has 0 saturated heterocycles. The van der Waals surface area contributed by atoms with Crippen LogP contribution < -0.4 is 10.2 Å². The third-order valence-corrected chi connectivity index (χ3v) is 3.04. The van der Waals surface area contributed by atoms with Gasteiger partial charge in [-0.2, -0.15) is 0 Å². The minimum atomic E-state index is -0.0864. The third kappa shape index (κ3) is 2.41. The van der Waals surface area contributed by atoms with Gasteiger partial charge in [-0.1, -0.05) is 0 Å². The Balaban J connectivity index is 1.94. The molecule has 0 atom stereocenters. The third-order valence-electron chi connectivity index (χ3n) is 3.04. The van der Waals surface area contributed by atoms with Crippen LogP contribution in [0, 0.1) is 5.92 Å². The van der Waals surface area contributed by atoms with E-state index in [0.29, 0.717) is 5.92 Å². The number of aromatic nitrogens is 2. The van der Waals surface area contributed by atoms with Crippen molar-refractivity contribution in [2.45, 2.75) is 18.9 Å². The molecule has 1 aliphatic rings. The molecule has 0 unspecified atom stereocenters. The molecule has 1 aromatic heterocycles. The average Bonchev–Trinajstić information content (AvgIpc) is 2.27. The zero-order chi connectivity index (χ0) is 11.5. The van der Waals surface area contributed by atoms with Crippen molar-refractivity contribution in [2.24, 2.45) is 5.92 Å². The highest BCUT2D eigenvalue weighted by molar-refractivity contribution is 5.47. The molecule has 0 aromatic carbocycles. The van der Waals surface area contributed by atoms with Crippen LogP contribution in [0.3, 0.4) is 0 Å². The molecule has 16 heavy (non-hydrogen) atoms. The number of hydrogen-bond donors (Lipinski definition) is 2. The summed E-state index contributed by atoms with van der Waals surface area (Å²) in [4.78, 5) is 10.4. The van der Waals surface area contributed by atoms with Crippen LogP contribution in [0.5, 0.6) is 0 Å². The predicted octanol–water partition coefficient (Wildman–Crippen LogP) is 0.725. The van der Waals surface area contributed by atoms with E-state index in [2.05, 4.69) is 20.2 Å². The van der Waals surface area contributed by atoms with Crippen molar-refractivity contribution in [1.29, 1.82) is 0 Å². The molecule has 1 aliphatic carbocycles. The van der Waals surface area contributed by atoms with E-state index in [0.717, 1.165) is 31.0 Å². The second-order valence-corrected chi connectivity index (χ2v) is 4.38. The van der Waals surface area contributed by atoms with E-state index in [1.165, 1.54) is 0 Å². The Morgan fingerprint density at radius 2 is 2.25 bits per heavy atom. The Bertz CT molecular complexity index is 352. The molecular weight excluding hydrogens is 204 g/mol. The van der Waals surface area contributed by atoms with Crippen molar-refractivity contribution in [3.8, 4) is 0 Å². The van der Waals surface area contributed by atoms with Gasteiger partial charge in [0.2, 0.25) is 0 Å². The highest BCUT2D eigenvalue weighted by atomic mass is 16.3. The fourth-order valence-corrected chi connectivity index (χ4v) is 2.02. The Labute approximate surface area is 95.5 Å². The molecular formula is C11H18N4O. The monoisotopic (exact) mass is 222 g/mol. The van der Waals surface area contributed by atoms with Gasteiger partial charge >= 0.3 is 0 Å². The van der Waals surface area contributed by atoms with Crippen molar-refractivity contribution in [1.82, 2.24) is 9.97 Å². The van der Waals surface area contributed by atoms with E-state index in [9.17, 15) is 5.11 Å². The molecule has 0 aliphatic heterocycles. The molecule has 0 radical (unpaired) electrons. The summed E-state index contributed by atoms with van der Waals surface area (Å²) in [5.41, 5.74) is 0. The van der Waals surface area contributed by atoms with Crippen molar-refractivity contribution >= 4 is 11.6 Å². The molecule has 5 heteroatoms. The van der Waals surface area contributed by atoms with Crippen LogP contribution in [0.4, 0.5) is 11.6 Å². The van der Waals surface area contributed by atoms with Crippen LogP contribution in [-0.2, 0) is 0 Å². The van der Waals surface area contributed by atoms with Crippen LogP contribution in [0.15, 0.2) is 12.4 Å². The lowest BCUT2D eigenvalue weighted by Gasteiger charge is -2.34. The van der Waals surface area contributed by atoms with Gasteiger partial charge in [0.25, 0.3) is 0 Å². The number of rotatable bonds is 4. The highest BCUT2D eigenvalue weighted by Crippen LogP contribution is 2.28. The normalized spacial score (nSPS) is 23.7. The van der Waals surface area contributed by atoms with Crippen LogP contribution in [-0.4, -0.2) is 41.8 Å². The maximum absolute atomic E-state index is 9.23. The van der Waals surface area contributed by atoms with Gasteiger partial charge in [0, 0.05) is 26.7 Å². The van der Waals surface area contributed by atoms with Gasteiger partial charge in [-0.05, 0) is 18.8 Å². The molecule has 0 bridgehead atoms. The molecule has 5 nitrogen and oxygen atoms in total. The molecule has 1 aromatic rings. The van der Waals surface area contributed by atoms with Gasteiger partial charge in [-0.15, -0.1) is 0 Å². The Hall–Kier alpha value is -1.36. The number of anilines is 2. The molecule has 1 fully saturated rings. The SMILES string of the molecule is CNc1cc(N(C)CC2CC(O)C2)ncn1. The first-order valence-corrected chi connectivity index (χ1v) is 5.58. The van der Waals surface area contributed by atoms with Gasteiger partial charge in [-0.3, -0.25) is 0 Å². The zero-order valence-corrected chi connectivity index (χ0v) is 9.72. The molecule has 0 spiro atoms. The summed E-state index contributed by atoms with van der Waals surface area (Å²) in [6.45, 7) is 0.942. The Kier molecular flexibility index (Phi) is 3.24. The van der Waals surface area contributed by atoms with Gasteiger partial charge in [0.15, 0.2) is 0 Å². The number of nitrogens with zero attached hydrogens (tertiary/aromatic N) is 3. The highest BCUT2D eigenvalue weighted by Gasteiger charge is 2.28. The van der Waals surface area contributed by atoms with Crippen LogP contribution in [0.1, 0.15) is 12.8 Å². The summed E-state index contributed by atoms with van der Waals surface area (Å²) in [5, 5.41) is 12.2. The van der Waals surface area contributed by atoms with Crippen LogP contribution >= 0.6 is 0 Å². The van der Waals surface area contributed by atoms with Gasteiger partial charge < -0.3 is 15.3 Å². The van der Waals surface area contributed by atoms with Crippen molar-refractivity contribution in [3.05, 3.63) is 12.4 Å². The summed E-state index contributed by atoms with van der Waals surface area (Å²) in [6.07, 6.45) is 3.30. The van der Waals surface area contributed by atoms with E-state index in [1.807, 2.05) is 20.2 Å². The molecule has 88 valence electrons. The lowest BCUT2D eigenvalue weighted by atomic mass is 9.82. The lowest BCUT2D eigenvalue weighted by molar-refractivity contribution is 0.0464. The molecule has 2 N–H and O–H groups in total. The standard InChI is InChI=1S/C11H18N4O/c1-12-10-5-11(14-7-13-10)15(2)6-8-3-9(16)4-8/h5,7-9,16H,3-4,6H2,1-2H3,(H,12,13,14). The van der Waals surface area contributed by atoms with Gasteiger partial charge in [0.1, 0.15) is 18.0 Å². The summed E-state index contributed by atoms with van der Waals surface area (Å²) >= 11 is 0. The van der Waals surface area contributed by atoms with Crippen molar-refractivity contribution in [3.63, 3.8) is 0 Å². The Morgan fingerprint density at radius 1 is 1.50 bits per heavy atom. The smallest absolute Gasteiger partial charge is 0.133 e. The molecule has 1 saturated carbocycles. The van der Waals surface area contributed by atoms with Crippen molar-refractivity contribution < 1.29 is 5.11 Å². The first kappa shape index (κ1) is 11.1.